The molecule has 0 aromatic carbocycles. The Bertz CT molecular complexity index is 313. The Morgan fingerprint density at radius 2 is 2.38 bits per heavy atom. The lowest BCUT2D eigenvalue weighted by Crippen LogP contribution is -2.42. The number of aromatic nitrogens is 1. The van der Waals surface area contributed by atoms with E-state index in [9.17, 15) is 4.79 Å². The van der Waals surface area contributed by atoms with Crippen molar-refractivity contribution in [2.45, 2.75) is 45.2 Å². The van der Waals surface area contributed by atoms with Gasteiger partial charge in [0.1, 0.15) is 5.01 Å². The zero-order chi connectivity index (χ0) is 12.0. The van der Waals surface area contributed by atoms with E-state index in [2.05, 4.69) is 10.3 Å². The van der Waals surface area contributed by atoms with Crippen LogP contribution in [-0.2, 0) is 4.79 Å². The molecule has 16 heavy (non-hydrogen) atoms. The molecule has 0 radical (unpaired) electrons. The van der Waals surface area contributed by atoms with E-state index in [1.165, 1.54) is 0 Å². The van der Waals surface area contributed by atoms with E-state index in [0.717, 1.165) is 24.3 Å². The van der Waals surface area contributed by atoms with Gasteiger partial charge in [0.15, 0.2) is 0 Å². The third kappa shape index (κ3) is 3.57. The van der Waals surface area contributed by atoms with Crippen molar-refractivity contribution in [2.24, 2.45) is 5.73 Å². The quantitative estimate of drug-likeness (QED) is 0.798. The molecular formula is C11H19N3OS. The second kappa shape index (κ2) is 6.60. The van der Waals surface area contributed by atoms with E-state index in [4.69, 9.17) is 5.73 Å². The summed E-state index contributed by atoms with van der Waals surface area (Å²) in [6.45, 7) is 4.04. The molecule has 4 nitrogen and oxygen atoms in total. The van der Waals surface area contributed by atoms with Crippen molar-refractivity contribution in [1.29, 1.82) is 0 Å². The second-order valence-corrected chi connectivity index (χ2v) is 4.66. The van der Waals surface area contributed by atoms with Gasteiger partial charge in [0.05, 0.1) is 12.1 Å². The van der Waals surface area contributed by atoms with E-state index in [1.807, 2.05) is 19.2 Å². The number of thiazole rings is 1. The first kappa shape index (κ1) is 13.1. The fraction of sp³-hybridized carbons (Fsp3) is 0.636. The van der Waals surface area contributed by atoms with Crippen molar-refractivity contribution in [3.05, 3.63) is 16.6 Å². The van der Waals surface area contributed by atoms with Gasteiger partial charge in [-0.25, -0.2) is 4.98 Å². The highest BCUT2D eigenvalue weighted by molar-refractivity contribution is 7.09. The molecule has 0 fully saturated rings. The van der Waals surface area contributed by atoms with Crippen molar-refractivity contribution < 1.29 is 4.79 Å². The lowest BCUT2D eigenvalue weighted by atomic mass is 10.1. The highest BCUT2D eigenvalue weighted by Gasteiger charge is 2.18. The van der Waals surface area contributed by atoms with Gasteiger partial charge < -0.3 is 11.1 Å². The first-order valence-corrected chi connectivity index (χ1v) is 6.52. The maximum atomic E-state index is 11.7. The highest BCUT2D eigenvalue weighted by Crippen LogP contribution is 2.18. The summed E-state index contributed by atoms with van der Waals surface area (Å²) in [7, 11) is 0. The standard InChI is InChI=1S/C11H19N3OS/c1-3-5-8(12)10(15)14-9(4-2)11-13-6-7-16-11/h6-9H,3-5,12H2,1-2H3,(H,14,15)/t8-,9?/m1/s1. The Hall–Kier alpha value is -0.940. The Kier molecular flexibility index (Phi) is 5.42. The largest absolute Gasteiger partial charge is 0.346 e. The molecule has 0 aliphatic rings. The molecule has 2 atom stereocenters. The summed E-state index contributed by atoms with van der Waals surface area (Å²) in [6.07, 6.45) is 4.22. The van der Waals surface area contributed by atoms with Gasteiger partial charge >= 0.3 is 0 Å². The van der Waals surface area contributed by atoms with Crippen LogP contribution in [0.3, 0.4) is 0 Å². The van der Waals surface area contributed by atoms with Crippen LogP contribution >= 0.6 is 11.3 Å². The molecule has 1 aromatic heterocycles. The van der Waals surface area contributed by atoms with E-state index in [1.54, 1.807) is 17.5 Å². The van der Waals surface area contributed by atoms with Gasteiger partial charge in [0.2, 0.25) is 5.91 Å². The number of amides is 1. The first-order valence-electron chi connectivity index (χ1n) is 5.64. The van der Waals surface area contributed by atoms with E-state index in [0.29, 0.717) is 0 Å². The van der Waals surface area contributed by atoms with Crippen LogP contribution in [0, 0.1) is 0 Å². The summed E-state index contributed by atoms with van der Waals surface area (Å²) in [5, 5.41) is 5.79. The minimum atomic E-state index is -0.404. The van der Waals surface area contributed by atoms with Crippen LogP contribution in [-0.4, -0.2) is 16.9 Å². The summed E-state index contributed by atoms with van der Waals surface area (Å²) >= 11 is 1.56. The SMILES string of the molecule is CCC[C@@H](N)C(=O)NC(CC)c1nccs1. The Morgan fingerprint density at radius 3 is 2.88 bits per heavy atom. The smallest absolute Gasteiger partial charge is 0.237 e. The molecule has 0 saturated heterocycles. The van der Waals surface area contributed by atoms with Crippen LogP contribution in [0.1, 0.15) is 44.2 Å². The normalized spacial score (nSPS) is 14.4. The molecule has 1 amide bonds. The monoisotopic (exact) mass is 241 g/mol. The molecule has 0 bridgehead atoms. The zero-order valence-corrected chi connectivity index (χ0v) is 10.6. The third-order valence-electron chi connectivity index (χ3n) is 2.41. The lowest BCUT2D eigenvalue weighted by molar-refractivity contribution is -0.123. The van der Waals surface area contributed by atoms with Gasteiger partial charge in [0, 0.05) is 11.6 Å². The minimum Gasteiger partial charge on any atom is -0.346 e. The van der Waals surface area contributed by atoms with Gasteiger partial charge in [-0.3, -0.25) is 4.79 Å². The maximum Gasteiger partial charge on any atom is 0.237 e. The fourth-order valence-corrected chi connectivity index (χ4v) is 2.24. The van der Waals surface area contributed by atoms with Gasteiger partial charge in [-0.05, 0) is 12.8 Å². The second-order valence-electron chi connectivity index (χ2n) is 3.73. The number of hydrogen-bond acceptors (Lipinski definition) is 4. The van der Waals surface area contributed by atoms with E-state index >= 15 is 0 Å². The highest BCUT2D eigenvalue weighted by atomic mass is 32.1. The van der Waals surface area contributed by atoms with Gasteiger partial charge in [-0.15, -0.1) is 11.3 Å². The first-order chi connectivity index (χ1) is 7.69. The summed E-state index contributed by atoms with van der Waals surface area (Å²) < 4.78 is 0. The van der Waals surface area contributed by atoms with Gasteiger partial charge in [-0.1, -0.05) is 20.3 Å². The zero-order valence-electron chi connectivity index (χ0n) is 9.77. The average molecular weight is 241 g/mol. The van der Waals surface area contributed by atoms with Crippen LogP contribution in [0.15, 0.2) is 11.6 Å². The number of rotatable bonds is 6. The van der Waals surface area contributed by atoms with Crippen LogP contribution < -0.4 is 11.1 Å². The maximum absolute atomic E-state index is 11.7. The van der Waals surface area contributed by atoms with Crippen molar-refractivity contribution in [3.63, 3.8) is 0 Å². The van der Waals surface area contributed by atoms with Crippen LogP contribution in [0.25, 0.3) is 0 Å². The summed E-state index contributed by atoms with van der Waals surface area (Å²) in [5.41, 5.74) is 5.76. The van der Waals surface area contributed by atoms with E-state index in [-0.39, 0.29) is 11.9 Å². The molecule has 0 spiro atoms. The molecule has 3 N–H and O–H groups in total. The third-order valence-corrected chi connectivity index (χ3v) is 3.30. The molecule has 0 aliphatic carbocycles. The number of nitrogens with two attached hydrogens (primary N) is 1. The Balaban J connectivity index is 2.54. The van der Waals surface area contributed by atoms with Crippen LogP contribution in [0.5, 0.6) is 0 Å². The molecule has 1 unspecified atom stereocenters. The van der Waals surface area contributed by atoms with Crippen LogP contribution in [0.2, 0.25) is 0 Å². The van der Waals surface area contributed by atoms with Crippen molar-refractivity contribution in [2.75, 3.05) is 0 Å². The number of nitrogens with zero attached hydrogens (tertiary/aromatic N) is 1. The minimum absolute atomic E-state index is 0.00425. The van der Waals surface area contributed by atoms with Crippen molar-refractivity contribution in [1.82, 2.24) is 10.3 Å². The number of hydrogen-bond donors (Lipinski definition) is 2. The molecular weight excluding hydrogens is 222 g/mol. The molecule has 0 aliphatic heterocycles. The van der Waals surface area contributed by atoms with Gasteiger partial charge in [0.25, 0.3) is 0 Å². The predicted molar refractivity (Wildman–Crippen MR) is 66.2 cm³/mol. The van der Waals surface area contributed by atoms with Crippen LogP contribution in [0.4, 0.5) is 0 Å². The summed E-state index contributed by atoms with van der Waals surface area (Å²) in [6, 6.07) is -0.408. The van der Waals surface area contributed by atoms with Gasteiger partial charge in [-0.2, -0.15) is 0 Å². The molecule has 90 valence electrons. The molecule has 5 heteroatoms. The average Bonchev–Trinajstić information content (AvgIpc) is 2.79. The van der Waals surface area contributed by atoms with Crippen molar-refractivity contribution >= 4 is 17.2 Å². The topological polar surface area (TPSA) is 68.0 Å². The number of carbonyl (C=O) groups excluding carboxylic acids is 1. The molecule has 1 rings (SSSR count). The summed E-state index contributed by atoms with van der Waals surface area (Å²) in [4.78, 5) is 15.9. The molecule has 0 saturated carbocycles. The fourth-order valence-electron chi connectivity index (χ4n) is 1.47. The lowest BCUT2D eigenvalue weighted by Gasteiger charge is -2.17. The number of nitrogens with one attached hydrogen (secondary N) is 1. The summed E-state index contributed by atoms with van der Waals surface area (Å²) in [5.74, 6) is -0.0797. The van der Waals surface area contributed by atoms with E-state index < -0.39 is 6.04 Å². The Labute approximate surface area is 100 Å². The Morgan fingerprint density at radius 1 is 1.62 bits per heavy atom. The molecule has 1 aromatic rings. The number of carbonyl (C=O) groups is 1. The molecule has 1 heterocycles. The predicted octanol–water partition coefficient (Wildman–Crippen LogP) is 1.84. The van der Waals surface area contributed by atoms with Crippen molar-refractivity contribution in [3.8, 4) is 0 Å².